The van der Waals surface area contributed by atoms with Gasteiger partial charge in [-0.25, -0.2) is 5.01 Å². The molecule has 0 aliphatic carbocycles. The van der Waals surface area contributed by atoms with Crippen molar-refractivity contribution in [2.24, 2.45) is 5.10 Å². The first kappa shape index (κ1) is 25.1. The Morgan fingerprint density at radius 3 is 1.55 bits per heavy atom. The minimum Gasteiger partial charge on any atom is -0.311 e. The number of rotatable bonds is 7. The molecule has 0 amide bonds. The van der Waals surface area contributed by atoms with Crippen LogP contribution in [0.2, 0.25) is 0 Å². The van der Waals surface area contributed by atoms with Crippen LogP contribution in [0.3, 0.4) is 0 Å². The largest absolute Gasteiger partial charge is 0.311 e. The molecule has 0 saturated heterocycles. The highest BCUT2D eigenvalue weighted by Crippen LogP contribution is 2.35. The molecule has 0 heterocycles. The van der Waals surface area contributed by atoms with E-state index in [4.69, 9.17) is 5.10 Å². The quantitative estimate of drug-likeness (QED) is 0.155. The van der Waals surface area contributed by atoms with Crippen LogP contribution in [0.15, 0.2) is 151 Å². The van der Waals surface area contributed by atoms with Crippen molar-refractivity contribution in [2.45, 2.75) is 13.8 Å². The smallest absolute Gasteiger partial charge is 0.0659 e. The molecule has 6 aromatic carbocycles. The van der Waals surface area contributed by atoms with Crippen molar-refractivity contribution in [2.75, 3.05) is 9.91 Å². The average Bonchev–Trinajstić information content (AvgIpc) is 3.00. The second-order valence-corrected chi connectivity index (χ2v) is 10.0. The molecule has 0 aromatic heterocycles. The Morgan fingerprint density at radius 1 is 0.450 bits per heavy atom. The van der Waals surface area contributed by atoms with Crippen LogP contribution in [0.1, 0.15) is 16.7 Å². The first-order chi connectivity index (χ1) is 19.6. The van der Waals surface area contributed by atoms with Gasteiger partial charge in [-0.05, 0) is 90.8 Å². The van der Waals surface area contributed by atoms with Crippen molar-refractivity contribution in [3.8, 4) is 0 Å². The van der Waals surface area contributed by atoms with Gasteiger partial charge in [-0.15, -0.1) is 0 Å². The third-order valence-corrected chi connectivity index (χ3v) is 7.04. The summed E-state index contributed by atoms with van der Waals surface area (Å²) in [6.07, 6.45) is 1.92. The number of hydrogen-bond donors (Lipinski definition) is 0. The van der Waals surface area contributed by atoms with E-state index in [1.165, 1.54) is 21.9 Å². The highest BCUT2D eigenvalue weighted by Gasteiger charge is 2.13. The lowest BCUT2D eigenvalue weighted by Crippen LogP contribution is -2.10. The topological polar surface area (TPSA) is 18.8 Å². The van der Waals surface area contributed by atoms with E-state index in [-0.39, 0.29) is 0 Å². The second-order valence-electron chi connectivity index (χ2n) is 10.0. The molecule has 0 saturated carbocycles. The molecule has 3 nitrogen and oxygen atoms in total. The van der Waals surface area contributed by atoms with E-state index >= 15 is 0 Å². The Balaban J connectivity index is 1.33. The molecule has 0 aliphatic heterocycles. The van der Waals surface area contributed by atoms with E-state index in [2.05, 4.69) is 146 Å². The van der Waals surface area contributed by atoms with Gasteiger partial charge in [0.2, 0.25) is 0 Å². The number of para-hydroxylation sites is 1. The molecular weight excluding hydrogens is 486 g/mol. The van der Waals surface area contributed by atoms with Crippen LogP contribution in [-0.4, -0.2) is 6.21 Å². The molecule has 3 heteroatoms. The van der Waals surface area contributed by atoms with E-state index < -0.39 is 0 Å². The summed E-state index contributed by atoms with van der Waals surface area (Å²) in [5.41, 5.74) is 8.89. The summed E-state index contributed by atoms with van der Waals surface area (Å²) in [5.74, 6) is 0. The summed E-state index contributed by atoms with van der Waals surface area (Å²) in [6, 6.07) is 51.0. The van der Waals surface area contributed by atoms with Crippen LogP contribution in [0.5, 0.6) is 0 Å². The maximum atomic E-state index is 4.95. The molecular formula is C37H31N3. The fraction of sp³-hybridized carbons (Fsp3) is 0.0541. The van der Waals surface area contributed by atoms with Gasteiger partial charge < -0.3 is 4.90 Å². The summed E-state index contributed by atoms with van der Waals surface area (Å²) in [5, 5.41) is 9.34. The fourth-order valence-corrected chi connectivity index (χ4v) is 4.83. The van der Waals surface area contributed by atoms with E-state index in [1.54, 1.807) is 0 Å². The Bertz CT molecular complexity index is 1690. The van der Waals surface area contributed by atoms with Crippen molar-refractivity contribution in [1.29, 1.82) is 0 Å². The molecule has 194 valence electrons. The normalized spacial score (nSPS) is 11.2. The van der Waals surface area contributed by atoms with Crippen molar-refractivity contribution < 1.29 is 0 Å². The second kappa shape index (κ2) is 11.3. The van der Waals surface area contributed by atoms with Gasteiger partial charge in [-0.1, -0.05) is 96.1 Å². The van der Waals surface area contributed by atoms with Crippen molar-refractivity contribution in [3.63, 3.8) is 0 Å². The number of fused-ring (bicyclic) bond motifs is 1. The van der Waals surface area contributed by atoms with Crippen LogP contribution in [0, 0.1) is 13.8 Å². The van der Waals surface area contributed by atoms with E-state index in [0.29, 0.717) is 0 Å². The lowest BCUT2D eigenvalue weighted by atomic mass is 10.1. The van der Waals surface area contributed by atoms with Crippen molar-refractivity contribution in [1.82, 2.24) is 0 Å². The summed E-state index contributed by atoms with van der Waals surface area (Å²) >= 11 is 0. The average molecular weight is 518 g/mol. The first-order valence-electron chi connectivity index (χ1n) is 13.6. The number of benzene rings is 6. The molecule has 0 unspecified atom stereocenters. The molecule has 6 rings (SSSR count). The summed E-state index contributed by atoms with van der Waals surface area (Å²) in [4.78, 5) is 2.28. The zero-order chi connectivity index (χ0) is 27.3. The van der Waals surface area contributed by atoms with E-state index in [1.807, 2.05) is 29.4 Å². The maximum Gasteiger partial charge on any atom is 0.0659 e. The third kappa shape index (κ3) is 5.50. The minimum absolute atomic E-state index is 1.01. The molecule has 0 N–H and O–H groups in total. The van der Waals surface area contributed by atoms with Crippen molar-refractivity contribution in [3.05, 3.63) is 162 Å². The highest BCUT2D eigenvalue weighted by molar-refractivity contribution is 5.88. The monoisotopic (exact) mass is 517 g/mol. The maximum absolute atomic E-state index is 4.95. The fourth-order valence-electron chi connectivity index (χ4n) is 4.83. The lowest BCUT2D eigenvalue weighted by Gasteiger charge is -2.26. The molecule has 6 aromatic rings. The van der Waals surface area contributed by atoms with Gasteiger partial charge in [-0.3, -0.25) is 0 Å². The van der Waals surface area contributed by atoms with Gasteiger partial charge in [0.15, 0.2) is 0 Å². The molecule has 0 spiro atoms. The molecule has 0 atom stereocenters. The van der Waals surface area contributed by atoms with Crippen molar-refractivity contribution >= 4 is 45.4 Å². The van der Waals surface area contributed by atoms with Crippen LogP contribution in [-0.2, 0) is 0 Å². The minimum atomic E-state index is 1.01. The number of anilines is 5. The van der Waals surface area contributed by atoms with Crippen LogP contribution >= 0.6 is 0 Å². The Kier molecular flexibility index (Phi) is 7.11. The zero-order valence-corrected chi connectivity index (χ0v) is 22.8. The lowest BCUT2D eigenvalue weighted by molar-refractivity contribution is 1.09. The first-order valence-corrected chi connectivity index (χ1v) is 13.6. The number of nitrogens with zero attached hydrogens (tertiary/aromatic N) is 3. The SMILES string of the molecule is Cc1ccc(N(c2ccc(C)cc2)c2ccc(C=NN(c3ccccc3)c3ccc4ccccc4c3)cc2)cc1. The molecule has 0 bridgehead atoms. The predicted molar refractivity (Wildman–Crippen MR) is 171 cm³/mol. The van der Waals surface area contributed by atoms with Gasteiger partial charge in [0.05, 0.1) is 17.6 Å². The standard InChI is InChI=1S/C37H31N3/c1-28-12-19-33(20-13-28)39(34-21-14-29(2)15-22-34)35-23-16-30(17-24-35)27-38-40(36-10-4-3-5-11-36)37-25-18-31-8-6-7-9-32(31)26-37/h3-27H,1-2H3. The predicted octanol–water partition coefficient (Wildman–Crippen LogP) is 10.1. The molecule has 0 radical (unpaired) electrons. The van der Waals surface area contributed by atoms with Gasteiger partial charge >= 0.3 is 0 Å². The number of hydrogen-bond acceptors (Lipinski definition) is 3. The zero-order valence-electron chi connectivity index (χ0n) is 22.8. The highest BCUT2D eigenvalue weighted by atomic mass is 15.5. The summed E-state index contributed by atoms with van der Waals surface area (Å²) in [7, 11) is 0. The van der Waals surface area contributed by atoms with Crippen LogP contribution < -0.4 is 9.91 Å². The van der Waals surface area contributed by atoms with E-state index in [0.717, 1.165) is 34.0 Å². The van der Waals surface area contributed by atoms with Gasteiger partial charge in [-0.2, -0.15) is 5.10 Å². The van der Waals surface area contributed by atoms with Crippen LogP contribution in [0.25, 0.3) is 10.8 Å². The Labute approximate surface area is 236 Å². The van der Waals surface area contributed by atoms with Crippen LogP contribution in [0.4, 0.5) is 28.4 Å². The molecule has 0 aliphatic rings. The molecule has 40 heavy (non-hydrogen) atoms. The Hall–Kier alpha value is -5.15. The van der Waals surface area contributed by atoms with Gasteiger partial charge in [0.25, 0.3) is 0 Å². The number of aryl methyl sites for hydroxylation is 2. The molecule has 0 fully saturated rings. The summed E-state index contributed by atoms with van der Waals surface area (Å²) in [6.45, 7) is 4.23. The van der Waals surface area contributed by atoms with Gasteiger partial charge in [0.1, 0.15) is 0 Å². The van der Waals surface area contributed by atoms with Gasteiger partial charge in [0, 0.05) is 17.1 Å². The Morgan fingerprint density at radius 2 is 0.950 bits per heavy atom. The number of hydrazone groups is 1. The summed E-state index contributed by atoms with van der Waals surface area (Å²) < 4.78 is 0. The third-order valence-electron chi connectivity index (χ3n) is 7.04. The van der Waals surface area contributed by atoms with E-state index in [9.17, 15) is 0 Å².